The van der Waals surface area contributed by atoms with Crippen LogP contribution in [0.15, 0.2) is 4.99 Å². The molecule has 14 heavy (non-hydrogen) atoms. The van der Waals surface area contributed by atoms with Crippen LogP contribution >= 0.6 is 35.1 Å². The molecule has 0 N–H and O–H groups in total. The Labute approximate surface area is 98.5 Å². The van der Waals surface area contributed by atoms with Crippen molar-refractivity contribution in [1.82, 2.24) is 0 Å². The summed E-state index contributed by atoms with van der Waals surface area (Å²) in [5.74, 6) is 0. The van der Waals surface area contributed by atoms with E-state index in [1.54, 1.807) is 11.8 Å². The highest BCUT2D eigenvalue weighted by atomic mass is 35.5. The molecule has 0 heterocycles. The predicted molar refractivity (Wildman–Crippen MR) is 66.1 cm³/mol. The van der Waals surface area contributed by atoms with Gasteiger partial charge in [0.15, 0.2) is 0 Å². The zero-order chi connectivity index (χ0) is 10.4. The van der Waals surface area contributed by atoms with Gasteiger partial charge in [-0.3, -0.25) is 0 Å². The highest BCUT2D eigenvalue weighted by Crippen LogP contribution is 2.34. The Bertz CT molecular complexity index is 250. The number of hydrogen-bond donors (Lipinski definition) is 0. The summed E-state index contributed by atoms with van der Waals surface area (Å²) in [6.07, 6.45) is 8.48. The molecule has 0 saturated heterocycles. The number of aliphatic imine (C=N–C) groups is 1. The molecule has 0 aromatic rings. The molecule has 78 valence electrons. The number of halogens is 1. The Morgan fingerprint density at radius 1 is 1.50 bits per heavy atom. The van der Waals surface area contributed by atoms with Gasteiger partial charge in [-0.15, -0.1) is 23.4 Å². The Balaban J connectivity index is 2.49. The van der Waals surface area contributed by atoms with E-state index in [0.29, 0.717) is 5.25 Å². The second kappa shape index (κ2) is 6.60. The third kappa shape index (κ3) is 3.72. The average Bonchev–Trinajstić information content (AvgIpc) is 2.20. The summed E-state index contributed by atoms with van der Waals surface area (Å²) in [4.78, 5) is 3.76. The summed E-state index contributed by atoms with van der Waals surface area (Å²) in [6, 6.07) is 0. The maximum absolute atomic E-state index is 8.47. The van der Waals surface area contributed by atoms with Gasteiger partial charge >= 0.3 is 0 Å². The van der Waals surface area contributed by atoms with Crippen LogP contribution in [0.2, 0.25) is 0 Å². The van der Waals surface area contributed by atoms with Crippen LogP contribution in [-0.2, 0) is 0 Å². The van der Waals surface area contributed by atoms with E-state index >= 15 is 0 Å². The van der Waals surface area contributed by atoms with Crippen molar-refractivity contribution in [2.75, 3.05) is 6.26 Å². The molecule has 0 radical (unpaired) electrons. The number of alkyl halides is 1. The first-order valence-corrected chi connectivity index (χ1v) is 7.13. The van der Waals surface area contributed by atoms with Crippen molar-refractivity contribution in [2.45, 2.75) is 36.3 Å². The molecule has 2 unspecified atom stereocenters. The smallest absolute Gasteiger partial charge is 0.170 e. The minimum atomic E-state index is 0.241. The molecule has 0 aromatic carbocycles. The van der Waals surface area contributed by atoms with Gasteiger partial charge in [-0.25, -0.2) is 0 Å². The standard InChI is InChI=1S/C9H13ClN2S2/c1-13-9(12-6-11)14-8-5-3-2-4-7(8)10/h7-8H,2-5H2,1H3. The lowest BCUT2D eigenvalue weighted by molar-refractivity contribution is 0.524. The molecule has 1 rings (SSSR count). The van der Waals surface area contributed by atoms with Crippen LogP contribution in [0.4, 0.5) is 0 Å². The lowest BCUT2D eigenvalue weighted by Gasteiger charge is -2.25. The minimum absolute atomic E-state index is 0.241. The van der Waals surface area contributed by atoms with E-state index in [0.717, 1.165) is 17.2 Å². The molecule has 2 atom stereocenters. The Morgan fingerprint density at radius 3 is 2.79 bits per heavy atom. The molecule has 0 amide bonds. The van der Waals surface area contributed by atoms with Crippen LogP contribution in [0.1, 0.15) is 25.7 Å². The first kappa shape index (κ1) is 12.2. The summed E-state index contributed by atoms with van der Waals surface area (Å²) in [6.45, 7) is 0. The van der Waals surface area contributed by atoms with Crippen molar-refractivity contribution in [3.05, 3.63) is 0 Å². The van der Waals surface area contributed by atoms with Crippen LogP contribution in [-0.4, -0.2) is 21.3 Å². The maximum atomic E-state index is 8.47. The van der Waals surface area contributed by atoms with Gasteiger partial charge in [-0.2, -0.15) is 10.3 Å². The SMILES string of the molecule is CSC(=NC#N)SC1CCCCC1Cl. The van der Waals surface area contributed by atoms with Crippen LogP contribution < -0.4 is 0 Å². The van der Waals surface area contributed by atoms with E-state index in [9.17, 15) is 0 Å². The number of nitrogens with zero attached hydrogens (tertiary/aromatic N) is 2. The van der Waals surface area contributed by atoms with Crippen LogP contribution in [0.5, 0.6) is 0 Å². The van der Waals surface area contributed by atoms with Crippen LogP contribution in [0.25, 0.3) is 0 Å². The molecule has 5 heteroatoms. The molecule has 1 fully saturated rings. The zero-order valence-electron chi connectivity index (χ0n) is 8.07. The molecular weight excluding hydrogens is 236 g/mol. The summed E-state index contributed by atoms with van der Waals surface area (Å²) < 4.78 is 0.838. The third-order valence-corrected chi connectivity index (χ3v) is 5.25. The summed E-state index contributed by atoms with van der Waals surface area (Å²) >= 11 is 9.39. The van der Waals surface area contributed by atoms with E-state index in [4.69, 9.17) is 16.9 Å². The van der Waals surface area contributed by atoms with Gasteiger partial charge in [-0.05, 0) is 19.1 Å². The molecule has 1 aliphatic rings. The molecule has 1 aliphatic carbocycles. The average molecular weight is 249 g/mol. The van der Waals surface area contributed by atoms with Crippen molar-refractivity contribution in [2.24, 2.45) is 4.99 Å². The maximum Gasteiger partial charge on any atom is 0.207 e. The minimum Gasteiger partial charge on any atom is -0.170 e. The lowest BCUT2D eigenvalue weighted by Crippen LogP contribution is -2.23. The second-order valence-electron chi connectivity index (χ2n) is 3.14. The van der Waals surface area contributed by atoms with Gasteiger partial charge in [0.25, 0.3) is 0 Å². The van der Waals surface area contributed by atoms with E-state index in [2.05, 4.69) is 4.99 Å². The van der Waals surface area contributed by atoms with Gasteiger partial charge in [0.1, 0.15) is 4.38 Å². The number of hydrogen-bond acceptors (Lipinski definition) is 4. The normalized spacial score (nSPS) is 28.5. The quantitative estimate of drug-likeness (QED) is 0.309. The van der Waals surface area contributed by atoms with Crippen molar-refractivity contribution in [3.63, 3.8) is 0 Å². The summed E-state index contributed by atoms with van der Waals surface area (Å²) in [5.41, 5.74) is 0. The van der Waals surface area contributed by atoms with E-state index in [1.807, 2.05) is 12.4 Å². The van der Waals surface area contributed by atoms with Gasteiger partial charge in [0.05, 0.1) is 0 Å². The Morgan fingerprint density at radius 2 is 2.21 bits per heavy atom. The first-order chi connectivity index (χ1) is 6.77. The summed E-state index contributed by atoms with van der Waals surface area (Å²) in [5, 5.41) is 9.14. The molecule has 0 aromatic heterocycles. The van der Waals surface area contributed by atoms with Crippen molar-refractivity contribution in [3.8, 4) is 6.19 Å². The van der Waals surface area contributed by atoms with Gasteiger partial charge in [0.2, 0.25) is 6.19 Å². The molecule has 1 saturated carbocycles. The molecular formula is C9H13ClN2S2. The number of rotatable bonds is 1. The second-order valence-corrected chi connectivity index (χ2v) is 5.98. The monoisotopic (exact) mass is 248 g/mol. The predicted octanol–water partition coefficient (Wildman–Crippen LogP) is 3.47. The molecule has 0 bridgehead atoms. The zero-order valence-corrected chi connectivity index (χ0v) is 10.5. The molecule has 0 spiro atoms. The molecule has 2 nitrogen and oxygen atoms in total. The van der Waals surface area contributed by atoms with Gasteiger partial charge < -0.3 is 0 Å². The Hall–Kier alpha value is 0.150. The lowest BCUT2D eigenvalue weighted by atomic mass is 10.00. The number of thioether (sulfide) groups is 2. The fraction of sp³-hybridized carbons (Fsp3) is 0.778. The van der Waals surface area contributed by atoms with Crippen LogP contribution in [0, 0.1) is 11.5 Å². The largest absolute Gasteiger partial charge is 0.207 e. The van der Waals surface area contributed by atoms with Crippen molar-refractivity contribution < 1.29 is 0 Å². The third-order valence-electron chi connectivity index (χ3n) is 2.19. The van der Waals surface area contributed by atoms with Gasteiger partial charge in [0, 0.05) is 10.6 Å². The highest BCUT2D eigenvalue weighted by molar-refractivity contribution is 8.38. The van der Waals surface area contributed by atoms with E-state index < -0.39 is 0 Å². The topological polar surface area (TPSA) is 36.1 Å². The van der Waals surface area contributed by atoms with Gasteiger partial charge in [-0.1, -0.05) is 24.6 Å². The van der Waals surface area contributed by atoms with Crippen LogP contribution in [0.3, 0.4) is 0 Å². The van der Waals surface area contributed by atoms with E-state index in [1.165, 1.54) is 24.6 Å². The van der Waals surface area contributed by atoms with Crippen molar-refractivity contribution >= 4 is 39.5 Å². The first-order valence-electron chi connectivity index (χ1n) is 4.59. The Kier molecular flexibility index (Phi) is 5.76. The highest BCUT2D eigenvalue weighted by Gasteiger charge is 2.25. The molecule has 0 aliphatic heterocycles. The number of nitriles is 1. The summed E-state index contributed by atoms with van der Waals surface area (Å²) in [7, 11) is 0. The fourth-order valence-electron chi connectivity index (χ4n) is 1.47. The van der Waals surface area contributed by atoms with E-state index in [-0.39, 0.29) is 5.38 Å². The fourth-order valence-corrected chi connectivity index (χ4v) is 3.72. The van der Waals surface area contributed by atoms with Crippen molar-refractivity contribution in [1.29, 1.82) is 5.26 Å².